The number of ether oxygens (including phenoxy) is 1. The highest BCUT2D eigenvalue weighted by molar-refractivity contribution is 7.98. The van der Waals surface area contributed by atoms with Crippen molar-refractivity contribution in [3.63, 3.8) is 0 Å². The van der Waals surface area contributed by atoms with Gasteiger partial charge in [0.1, 0.15) is 11.8 Å². The maximum absolute atomic E-state index is 11.9. The van der Waals surface area contributed by atoms with E-state index in [1.807, 2.05) is 18.4 Å². The lowest BCUT2D eigenvalue weighted by Gasteiger charge is -2.14. The summed E-state index contributed by atoms with van der Waals surface area (Å²) < 4.78 is 5.16. The first-order valence-corrected chi connectivity index (χ1v) is 7.61. The molecule has 0 spiro atoms. The second-order valence-corrected chi connectivity index (χ2v) is 5.21. The number of para-hydroxylation sites is 1. The molecule has 0 saturated heterocycles. The van der Waals surface area contributed by atoms with Gasteiger partial charge in [-0.05, 0) is 24.5 Å². The fourth-order valence-corrected chi connectivity index (χ4v) is 2.23. The summed E-state index contributed by atoms with van der Waals surface area (Å²) in [5.74, 6) is -0.0135. The number of carboxylic acid groups (broad SMARTS) is 1. The molecule has 1 unspecified atom stereocenters. The highest BCUT2D eigenvalue weighted by atomic mass is 32.2. The Balaban J connectivity index is 2.63. The smallest absolute Gasteiger partial charge is 0.326 e. The number of aliphatic carboxylic acids is 1. The Morgan fingerprint density at radius 2 is 2.10 bits per heavy atom. The fourth-order valence-electron chi connectivity index (χ4n) is 1.76. The number of hydrogen-bond donors (Lipinski definition) is 2. The Morgan fingerprint density at radius 3 is 2.70 bits per heavy atom. The Bertz CT molecular complexity index is 464. The predicted molar refractivity (Wildman–Crippen MR) is 79.3 cm³/mol. The number of carbonyl (C=O) groups is 2. The van der Waals surface area contributed by atoms with Crippen LogP contribution in [0.25, 0.3) is 0 Å². The Kier molecular flexibility index (Phi) is 6.93. The number of hydrogen-bond acceptors (Lipinski definition) is 4. The summed E-state index contributed by atoms with van der Waals surface area (Å²) in [6.07, 6.45) is 2.41. The van der Waals surface area contributed by atoms with Crippen molar-refractivity contribution >= 4 is 23.6 Å². The Labute approximate surface area is 122 Å². The van der Waals surface area contributed by atoms with Crippen LogP contribution >= 0.6 is 11.8 Å². The van der Waals surface area contributed by atoms with E-state index in [0.717, 1.165) is 5.56 Å². The summed E-state index contributed by atoms with van der Waals surface area (Å²) in [7, 11) is 1.54. The van der Waals surface area contributed by atoms with Gasteiger partial charge in [-0.3, -0.25) is 4.79 Å². The van der Waals surface area contributed by atoms with Crippen LogP contribution in [0.1, 0.15) is 12.0 Å². The fraction of sp³-hybridized carbons (Fsp3) is 0.429. The highest BCUT2D eigenvalue weighted by Gasteiger charge is 2.19. The zero-order valence-corrected chi connectivity index (χ0v) is 12.4. The molecule has 110 valence electrons. The molecule has 2 N–H and O–H groups in total. The lowest BCUT2D eigenvalue weighted by Crippen LogP contribution is -2.41. The Morgan fingerprint density at radius 1 is 1.40 bits per heavy atom. The van der Waals surface area contributed by atoms with E-state index in [0.29, 0.717) is 17.9 Å². The van der Waals surface area contributed by atoms with Gasteiger partial charge in [0.05, 0.1) is 13.5 Å². The van der Waals surface area contributed by atoms with Gasteiger partial charge in [0.2, 0.25) is 5.91 Å². The summed E-state index contributed by atoms with van der Waals surface area (Å²) in [4.78, 5) is 23.0. The van der Waals surface area contributed by atoms with E-state index in [4.69, 9.17) is 9.84 Å². The molecule has 1 aromatic carbocycles. The molecule has 6 heteroatoms. The van der Waals surface area contributed by atoms with Gasteiger partial charge < -0.3 is 15.2 Å². The number of carbonyl (C=O) groups excluding carboxylic acids is 1. The van der Waals surface area contributed by atoms with Crippen molar-refractivity contribution < 1.29 is 19.4 Å². The standard InChI is InChI=1S/C14H19NO4S/c1-19-12-6-4-3-5-10(12)9-13(16)15-11(14(17)18)7-8-20-2/h3-6,11H,7-9H2,1-2H3,(H,15,16)(H,17,18). The van der Waals surface area contributed by atoms with Crippen molar-refractivity contribution in [2.75, 3.05) is 19.1 Å². The average Bonchev–Trinajstić information content (AvgIpc) is 2.43. The number of carboxylic acids is 1. The van der Waals surface area contributed by atoms with Gasteiger partial charge in [0.25, 0.3) is 0 Å². The first-order valence-electron chi connectivity index (χ1n) is 6.21. The van der Waals surface area contributed by atoms with Gasteiger partial charge >= 0.3 is 5.97 Å². The van der Waals surface area contributed by atoms with Gasteiger partial charge in [-0.2, -0.15) is 11.8 Å². The topological polar surface area (TPSA) is 75.6 Å². The zero-order chi connectivity index (χ0) is 15.0. The van der Waals surface area contributed by atoms with Crippen molar-refractivity contribution in [2.24, 2.45) is 0 Å². The van der Waals surface area contributed by atoms with Gasteiger partial charge in [-0.1, -0.05) is 18.2 Å². The van der Waals surface area contributed by atoms with Crippen LogP contribution in [0.5, 0.6) is 5.75 Å². The summed E-state index contributed by atoms with van der Waals surface area (Å²) >= 11 is 1.55. The third-order valence-electron chi connectivity index (χ3n) is 2.79. The van der Waals surface area contributed by atoms with Gasteiger partial charge in [-0.15, -0.1) is 0 Å². The number of amides is 1. The van der Waals surface area contributed by atoms with E-state index in [9.17, 15) is 9.59 Å². The summed E-state index contributed by atoms with van der Waals surface area (Å²) in [6, 6.07) is 6.34. The number of methoxy groups -OCH3 is 1. The van der Waals surface area contributed by atoms with Crippen molar-refractivity contribution in [3.05, 3.63) is 29.8 Å². The quantitative estimate of drug-likeness (QED) is 0.761. The van der Waals surface area contributed by atoms with Crippen LogP contribution in [0, 0.1) is 0 Å². The number of thioether (sulfide) groups is 1. The minimum atomic E-state index is -1.01. The lowest BCUT2D eigenvalue weighted by atomic mass is 10.1. The molecule has 0 bridgehead atoms. The van der Waals surface area contributed by atoms with E-state index in [1.54, 1.807) is 23.9 Å². The maximum Gasteiger partial charge on any atom is 0.326 e. The molecule has 0 radical (unpaired) electrons. The second-order valence-electron chi connectivity index (χ2n) is 4.23. The van der Waals surface area contributed by atoms with Crippen molar-refractivity contribution in [2.45, 2.75) is 18.9 Å². The van der Waals surface area contributed by atoms with Gasteiger partial charge in [0.15, 0.2) is 0 Å². The molecule has 1 rings (SSSR count). The molecule has 0 aliphatic heterocycles. The number of benzene rings is 1. The third-order valence-corrected chi connectivity index (χ3v) is 3.43. The normalized spacial score (nSPS) is 11.7. The molecule has 0 heterocycles. The van der Waals surface area contributed by atoms with E-state index in [1.165, 1.54) is 7.11 Å². The average molecular weight is 297 g/mol. The first-order chi connectivity index (χ1) is 9.58. The van der Waals surface area contributed by atoms with Gasteiger partial charge in [-0.25, -0.2) is 4.79 Å². The van der Waals surface area contributed by atoms with Crippen LogP contribution in [-0.2, 0) is 16.0 Å². The van der Waals surface area contributed by atoms with Crippen molar-refractivity contribution in [1.82, 2.24) is 5.32 Å². The summed E-state index contributed by atoms with van der Waals surface area (Å²) in [5.41, 5.74) is 0.738. The van der Waals surface area contributed by atoms with E-state index < -0.39 is 12.0 Å². The second kappa shape index (κ2) is 8.47. The molecule has 0 saturated carbocycles. The molecular weight excluding hydrogens is 278 g/mol. The molecule has 0 aromatic heterocycles. The molecule has 20 heavy (non-hydrogen) atoms. The van der Waals surface area contributed by atoms with E-state index >= 15 is 0 Å². The molecule has 1 atom stereocenters. The summed E-state index contributed by atoms with van der Waals surface area (Å²) in [6.45, 7) is 0. The lowest BCUT2D eigenvalue weighted by molar-refractivity contribution is -0.141. The van der Waals surface area contributed by atoms with Crippen LogP contribution in [-0.4, -0.2) is 42.1 Å². The summed E-state index contributed by atoms with van der Waals surface area (Å²) in [5, 5.41) is 11.6. The Hall–Kier alpha value is -1.69. The van der Waals surface area contributed by atoms with Crippen molar-refractivity contribution in [1.29, 1.82) is 0 Å². The molecule has 1 amide bonds. The van der Waals surface area contributed by atoms with E-state index in [2.05, 4.69) is 5.32 Å². The first kappa shape index (κ1) is 16.4. The highest BCUT2D eigenvalue weighted by Crippen LogP contribution is 2.17. The van der Waals surface area contributed by atoms with Crippen LogP contribution in [0.4, 0.5) is 0 Å². The number of rotatable bonds is 8. The molecule has 5 nitrogen and oxygen atoms in total. The molecule has 0 aliphatic rings. The minimum absolute atomic E-state index is 0.104. The van der Waals surface area contributed by atoms with Crippen LogP contribution < -0.4 is 10.1 Å². The molecule has 1 aromatic rings. The predicted octanol–water partition coefficient (Wildman–Crippen LogP) is 1.56. The van der Waals surface area contributed by atoms with Crippen molar-refractivity contribution in [3.8, 4) is 5.75 Å². The number of nitrogens with one attached hydrogen (secondary N) is 1. The largest absolute Gasteiger partial charge is 0.496 e. The van der Waals surface area contributed by atoms with Gasteiger partial charge in [0, 0.05) is 5.56 Å². The SMILES string of the molecule is COc1ccccc1CC(=O)NC(CCSC)C(=O)O. The van der Waals surface area contributed by atoms with Crippen LogP contribution in [0.3, 0.4) is 0 Å². The van der Waals surface area contributed by atoms with Crippen LogP contribution in [0.2, 0.25) is 0 Å². The molecule has 0 fully saturated rings. The molecule has 0 aliphatic carbocycles. The van der Waals surface area contributed by atoms with E-state index in [-0.39, 0.29) is 12.3 Å². The zero-order valence-electron chi connectivity index (χ0n) is 11.6. The van der Waals surface area contributed by atoms with Crippen LogP contribution in [0.15, 0.2) is 24.3 Å². The monoisotopic (exact) mass is 297 g/mol. The molecular formula is C14H19NO4S. The maximum atomic E-state index is 11.9. The third kappa shape index (κ3) is 5.13. The minimum Gasteiger partial charge on any atom is -0.496 e.